The molecule has 0 radical (unpaired) electrons. The number of hydrogen-bond acceptors (Lipinski definition) is 12. The molecule has 2 aromatic heterocycles. The number of likely N-dealkylation sites (tertiary alicyclic amines) is 1. The topological polar surface area (TPSA) is 172 Å². The molecule has 6 aromatic rings. The maximum atomic E-state index is 14.3. The fraction of sp³-hybridized carbons (Fsp3) is 0.407. The molecule has 418 valence electrons. The molecule has 2 aliphatic rings. The van der Waals surface area contributed by atoms with Crippen molar-refractivity contribution in [2.75, 3.05) is 96.0 Å². The molecule has 5 N–H and O–H groups in total. The number of nitrogens with one attached hydrogen (secondary N) is 5. The number of anilines is 4. The molecule has 24 heteroatoms. The van der Waals surface area contributed by atoms with E-state index in [4.69, 9.17) is 14.2 Å². The molecule has 0 spiro atoms. The molecule has 78 heavy (non-hydrogen) atoms. The number of methoxy groups -OCH3 is 2. The number of benzene rings is 4. The smallest absolute Gasteiger partial charge is 0.406 e. The first-order chi connectivity index (χ1) is 37.1. The highest BCUT2D eigenvalue weighted by molar-refractivity contribution is 7.89. The fourth-order valence-electron chi connectivity index (χ4n) is 9.55. The number of nitrogens with zero attached hydrogens (tertiary/aromatic N) is 4. The lowest BCUT2D eigenvalue weighted by Crippen LogP contribution is -2.36. The lowest BCUT2D eigenvalue weighted by molar-refractivity contribution is -0.140. The number of sulfonamides is 2. The van der Waals surface area contributed by atoms with Crippen LogP contribution in [-0.2, 0) is 44.4 Å². The van der Waals surface area contributed by atoms with Gasteiger partial charge in [-0.25, -0.2) is 21.6 Å². The summed E-state index contributed by atoms with van der Waals surface area (Å²) in [6.45, 7) is -0.183. The van der Waals surface area contributed by atoms with E-state index in [2.05, 4.69) is 61.6 Å². The molecule has 4 heterocycles. The van der Waals surface area contributed by atoms with E-state index in [1.807, 2.05) is 6.07 Å². The Morgan fingerprint density at radius 1 is 0.679 bits per heavy atom. The monoisotopic (exact) mass is 1130 g/mol. The van der Waals surface area contributed by atoms with Crippen LogP contribution in [0.25, 0.3) is 21.8 Å². The van der Waals surface area contributed by atoms with E-state index < -0.39 is 45.5 Å². The van der Waals surface area contributed by atoms with Crippen LogP contribution in [0.2, 0.25) is 0 Å². The minimum Gasteiger partial charge on any atom is -0.495 e. The highest BCUT2D eigenvalue weighted by Crippen LogP contribution is 2.37. The van der Waals surface area contributed by atoms with Gasteiger partial charge in [0, 0.05) is 73.2 Å². The predicted octanol–water partition coefficient (Wildman–Crippen LogP) is 8.49. The maximum absolute atomic E-state index is 14.3. The Balaban J connectivity index is 1.03. The van der Waals surface area contributed by atoms with E-state index in [0.717, 1.165) is 45.1 Å². The van der Waals surface area contributed by atoms with Crippen LogP contribution in [0, 0.1) is 23.7 Å². The quantitative estimate of drug-likeness (QED) is 0.0411. The van der Waals surface area contributed by atoms with E-state index in [-0.39, 0.29) is 69.9 Å². The molecule has 16 nitrogen and oxygen atoms in total. The van der Waals surface area contributed by atoms with Crippen molar-refractivity contribution in [1.82, 2.24) is 23.1 Å². The van der Waals surface area contributed by atoms with Gasteiger partial charge in [-0.2, -0.15) is 30.6 Å². The normalized spacial score (nSPS) is 15.2. The van der Waals surface area contributed by atoms with Gasteiger partial charge in [-0.1, -0.05) is 24.0 Å². The molecule has 0 saturated carbocycles. The molecule has 0 unspecified atom stereocenters. The largest absolute Gasteiger partial charge is 0.495 e. The number of aromatic nitrogens is 2. The minimum atomic E-state index is -4.64. The number of ether oxygens (including phenoxy) is 3. The predicted molar refractivity (Wildman–Crippen MR) is 289 cm³/mol. The third-order valence-corrected chi connectivity index (χ3v) is 16.8. The Morgan fingerprint density at radius 3 is 1.78 bits per heavy atom. The zero-order valence-corrected chi connectivity index (χ0v) is 45.2. The van der Waals surface area contributed by atoms with Crippen molar-refractivity contribution < 1.29 is 57.4 Å². The molecule has 0 bridgehead atoms. The Kier molecular flexibility index (Phi) is 17.7. The molecule has 0 atom stereocenters. The average Bonchev–Trinajstić information content (AvgIpc) is 4.08. The van der Waals surface area contributed by atoms with Crippen molar-refractivity contribution in [2.45, 2.75) is 79.5 Å². The SMILES string of the molecule is CNS(=O)(=O)c1ccc(NCC#Cc2cc3c(NC4CCOCC4)c(CN(C)S(=O)(=O)c4ccc(NCC#Cc5cc6c(NC7CCN(C)CC7)cccc6n5CC(F)(F)F)c(OC)c4)ccc3n2CC(F)(F)F)c(OC)c1. The number of rotatable bonds is 18. The van der Waals surface area contributed by atoms with Crippen LogP contribution >= 0.6 is 0 Å². The number of alkyl halides is 6. The highest BCUT2D eigenvalue weighted by atomic mass is 32.2. The van der Waals surface area contributed by atoms with Gasteiger partial charge in [-0.05, 0) is 125 Å². The molecule has 2 fully saturated rings. The molecule has 0 amide bonds. The molecule has 2 saturated heterocycles. The standard InChI is InChI=1S/C54H61F6N9O7S2/c1-61-77(70,71)41-14-16-46(50(31-41)74-4)62-24-8-10-40-30-44-49(69(40)35-54(58,59)60)18-13-36(52(44)65-38-21-27-76-28-22-38)33-67(3)78(72,73)42-15-17-47(51(32-42)75-5)63-23-7-9-39-29-43-45(64-37-19-25-66(2)26-20-37)11-6-12-48(43)68(39)34-53(55,56)57/h6,11-18,29-32,37-38,61-65H,19-28,33-35H2,1-5H3. The van der Waals surface area contributed by atoms with E-state index >= 15 is 0 Å². The molecule has 0 aliphatic carbocycles. The van der Waals surface area contributed by atoms with Crippen LogP contribution in [0.4, 0.5) is 49.1 Å². The summed E-state index contributed by atoms with van der Waals surface area (Å²) in [4.78, 5) is 2.07. The van der Waals surface area contributed by atoms with Crippen LogP contribution in [0.5, 0.6) is 11.5 Å². The molecular formula is C54H61F6N9O7S2. The van der Waals surface area contributed by atoms with Crippen molar-refractivity contribution in [1.29, 1.82) is 0 Å². The van der Waals surface area contributed by atoms with Crippen LogP contribution in [-0.4, -0.2) is 134 Å². The van der Waals surface area contributed by atoms with Crippen molar-refractivity contribution in [3.8, 4) is 35.2 Å². The molecular weight excluding hydrogens is 1060 g/mol. The van der Waals surface area contributed by atoms with E-state index in [1.165, 1.54) is 70.8 Å². The van der Waals surface area contributed by atoms with Gasteiger partial charge in [0.1, 0.15) is 24.6 Å². The van der Waals surface area contributed by atoms with Crippen molar-refractivity contribution in [2.24, 2.45) is 0 Å². The van der Waals surface area contributed by atoms with Gasteiger partial charge in [0.2, 0.25) is 20.0 Å². The average molecular weight is 1130 g/mol. The Labute approximate surface area is 449 Å². The second-order valence-corrected chi connectivity index (χ2v) is 22.9. The number of fused-ring (bicyclic) bond motifs is 2. The molecule has 4 aromatic carbocycles. The summed E-state index contributed by atoms with van der Waals surface area (Å²) in [5.41, 5.74) is 3.25. The maximum Gasteiger partial charge on any atom is 0.406 e. The number of halogens is 6. The van der Waals surface area contributed by atoms with Gasteiger partial charge in [0.25, 0.3) is 0 Å². The third-order valence-electron chi connectivity index (χ3n) is 13.6. The van der Waals surface area contributed by atoms with E-state index in [1.54, 1.807) is 30.3 Å². The first-order valence-corrected chi connectivity index (χ1v) is 27.9. The first-order valence-electron chi connectivity index (χ1n) is 25.0. The fourth-order valence-corrected chi connectivity index (χ4v) is 11.5. The van der Waals surface area contributed by atoms with Crippen molar-refractivity contribution in [3.63, 3.8) is 0 Å². The summed E-state index contributed by atoms with van der Waals surface area (Å²) >= 11 is 0. The first kappa shape index (κ1) is 57.4. The lowest BCUT2D eigenvalue weighted by Gasteiger charge is -2.30. The van der Waals surface area contributed by atoms with Crippen LogP contribution < -0.4 is 35.5 Å². The van der Waals surface area contributed by atoms with Crippen LogP contribution in [0.3, 0.4) is 0 Å². The number of piperidine rings is 1. The lowest BCUT2D eigenvalue weighted by atomic mass is 10.0. The van der Waals surface area contributed by atoms with Gasteiger partial charge in [-0.15, -0.1) is 0 Å². The summed E-state index contributed by atoms with van der Waals surface area (Å²) in [6, 6.07) is 20.0. The molecule has 8 rings (SSSR count). The van der Waals surface area contributed by atoms with Crippen LogP contribution in [0.15, 0.2) is 88.7 Å². The van der Waals surface area contributed by atoms with Gasteiger partial charge in [0.15, 0.2) is 0 Å². The summed E-state index contributed by atoms with van der Waals surface area (Å²) in [7, 11) is -0.582. The zero-order chi connectivity index (χ0) is 56.0. The summed E-state index contributed by atoms with van der Waals surface area (Å²) in [5.74, 6) is 11.9. The summed E-state index contributed by atoms with van der Waals surface area (Å²) in [6.07, 6.45) is -6.18. The summed E-state index contributed by atoms with van der Waals surface area (Å²) < 4.78 is 160. The third kappa shape index (κ3) is 13.7. The van der Waals surface area contributed by atoms with E-state index in [9.17, 15) is 43.2 Å². The van der Waals surface area contributed by atoms with Gasteiger partial charge in [-0.3, -0.25) is 0 Å². The van der Waals surface area contributed by atoms with Gasteiger partial charge >= 0.3 is 12.4 Å². The second kappa shape index (κ2) is 24.1. The number of hydrogen-bond donors (Lipinski definition) is 5. The summed E-state index contributed by atoms with van der Waals surface area (Å²) in [5, 5.41) is 14.2. The Morgan fingerprint density at radius 2 is 1.22 bits per heavy atom. The minimum absolute atomic E-state index is 0.0340. The van der Waals surface area contributed by atoms with Crippen molar-refractivity contribution >= 4 is 64.6 Å². The van der Waals surface area contributed by atoms with Gasteiger partial charge < -0.3 is 49.5 Å². The second-order valence-electron chi connectivity index (χ2n) is 19.0. The highest BCUT2D eigenvalue weighted by Gasteiger charge is 2.33. The zero-order valence-electron chi connectivity index (χ0n) is 43.6. The Hall–Kier alpha value is -6.80. The molecule has 2 aliphatic heterocycles. The van der Waals surface area contributed by atoms with Crippen LogP contribution in [0.1, 0.15) is 42.6 Å². The Bertz CT molecular complexity index is 3490. The van der Waals surface area contributed by atoms with E-state index in [0.29, 0.717) is 65.0 Å². The van der Waals surface area contributed by atoms with Gasteiger partial charge in [0.05, 0.1) is 70.9 Å². The van der Waals surface area contributed by atoms with Crippen molar-refractivity contribution in [3.05, 3.63) is 95.8 Å².